The van der Waals surface area contributed by atoms with Gasteiger partial charge < -0.3 is 4.90 Å². The average molecular weight is 252 g/mol. The SMILES string of the molecule is CC1CCCN1C(=O)c1cc([N+](=O)[O-])ccc1F. The summed E-state index contributed by atoms with van der Waals surface area (Å²) in [5.41, 5.74) is -0.496. The Morgan fingerprint density at radius 1 is 1.56 bits per heavy atom. The van der Waals surface area contributed by atoms with Crippen molar-refractivity contribution < 1.29 is 14.1 Å². The van der Waals surface area contributed by atoms with Crippen molar-refractivity contribution in [3.63, 3.8) is 0 Å². The Kier molecular flexibility index (Phi) is 3.27. The summed E-state index contributed by atoms with van der Waals surface area (Å²) in [5.74, 6) is -1.19. The fourth-order valence-electron chi connectivity index (χ4n) is 2.18. The van der Waals surface area contributed by atoms with Gasteiger partial charge in [-0.15, -0.1) is 0 Å². The lowest BCUT2D eigenvalue weighted by atomic mass is 10.1. The van der Waals surface area contributed by atoms with Gasteiger partial charge in [-0.1, -0.05) is 0 Å². The van der Waals surface area contributed by atoms with E-state index in [1.807, 2.05) is 6.92 Å². The number of nitro benzene ring substituents is 1. The number of non-ortho nitro benzene ring substituents is 1. The number of rotatable bonds is 2. The topological polar surface area (TPSA) is 63.5 Å². The lowest BCUT2D eigenvalue weighted by Gasteiger charge is -2.21. The second-order valence-electron chi connectivity index (χ2n) is 4.41. The lowest BCUT2D eigenvalue weighted by molar-refractivity contribution is -0.384. The van der Waals surface area contributed by atoms with Crippen molar-refractivity contribution in [2.75, 3.05) is 6.54 Å². The van der Waals surface area contributed by atoms with Gasteiger partial charge in [-0.2, -0.15) is 0 Å². The Balaban J connectivity index is 2.34. The smallest absolute Gasteiger partial charge is 0.270 e. The molecule has 1 fully saturated rings. The van der Waals surface area contributed by atoms with Gasteiger partial charge in [0.2, 0.25) is 0 Å². The predicted octanol–water partition coefficient (Wildman–Crippen LogP) is 2.36. The van der Waals surface area contributed by atoms with Gasteiger partial charge in [0.15, 0.2) is 0 Å². The first kappa shape index (κ1) is 12.5. The molecule has 2 rings (SSSR count). The van der Waals surface area contributed by atoms with Crippen molar-refractivity contribution >= 4 is 11.6 Å². The van der Waals surface area contributed by atoms with Gasteiger partial charge in [-0.25, -0.2) is 4.39 Å². The predicted molar refractivity (Wildman–Crippen MR) is 62.8 cm³/mol. The second-order valence-corrected chi connectivity index (χ2v) is 4.41. The Morgan fingerprint density at radius 2 is 2.28 bits per heavy atom. The number of halogens is 1. The molecule has 0 spiro atoms. The minimum atomic E-state index is -0.718. The summed E-state index contributed by atoms with van der Waals surface area (Å²) < 4.78 is 13.6. The summed E-state index contributed by atoms with van der Waals surface area (Å²) in [6.45, 7) is 2.46. The molecule has 18 heavy (non-hydrogen) atoms. The fourth-order valence-corrected chi connectivity index (χ4v) is 2.18. The summed E-state index contributed by atoms with van der Waals surface area (Å²) in [7, 11) is 0. The highest BCUT2D eigenvalue weighted by atomic mass is 19.1. The molecule has 1 aromatic rings. The third-order valence-electron chi connectivity index (χ3n) is 3.21. The summed E-state index contributed by atoms with van der Waals surface area (Å²) in [6, 6.07) is 3.07. The third kappa shape index (κ3) is 2.18. The number of amides is 1. The number of carbonyl (C=O) groups is 1. The number of likely N-dealkylation sites (tertiary alicyclic amines) is 1. The standard InChI is InChI=1S/C12H13FN2O3/c1-8-3-2-6-14(8)12(16)10-7-9(15(17)18)4-5-11(10)13/h4-5,7-8H,2-3,6H2,1H3. The van der Waals surface area contributed by atoms with Crippen LogP contribution in [0.15, 0.2) is 18.2 Å². The summed E-state index contributed by atoms with van der Waals surface area (Å²) in [4.78, 5) is 23.7. The summed E-state index contributed by atoms with van der Waals surface area (Å²) in [6.07, 6.45) is 1.76. The number of hydrogen-bond donors (Lipinski definition) is 0. The van der Waals surface area contributed by atoms with Crippen LogP contribution in [0.4, 0.5) is 10.1 Å². The molecule has 0 bridgehead atoms. The monoisotopic (exact) mass is 252 g/mol. The van der Waals surface area contributed by atoms with Crippen LogP contribution in [0.1, 0.15) is 30.1 Å². The van der Waals surface area contributed by atoms with Crippen LogP contribution in [0.25, 0.3) is 0 Å². The molecule has 0 aliphatic carbocycles. The van der Waals surface area contributed by atoms with Crippen LogP contribution in [-0.4, -0.2) is 28.3 Å². The first-order valence-corrected chi connectivity index (χ1v) is 5.75. The van der Waals surface area contributed by atoms with E-state index in [1.165, 1.54) is 0 Å². The van der Waals surface area contributed by atoms with E-state index in [4.69, 9.17) is 0 Å². The van der Waals surface area contributed by atoms with Gasteiger partial charge >= 0.3 is 0 Å². The van der Waals surface area contributed by atoms with Crippen LogP contribution in [-0.2, 0) is 0 Å². The van der Waals surface area contributed by atoms with Crippen LogP contribution in [0.2, 0.25) is 0 Å². The molecule has 0 radical (unpaired) electrons. The van der Waals surface area contributed by atoms with Gasteiger partial charge in [-0.3, -0.25) is 14.9 Å². The first-order chi connectivity index (χ1) is 8.50. The molecule has 1 aliphatic heterocycles. The molecule has 1 unspecified atom stereocenters. The van der Waals surface area contributed by atoms with Gasteiger partial charge in [-0.05, 0) is 25.8 Å². The summed E-state index contributed by atoms with van der Waals surface area (Å²) in [5, 5.41) is 10.6. The van der Waals surface area contributed by atoms with E-state index in [0.29, 0.717) is 6.54 Å². The van der Waals surface area contributed by atoms with E-state index in [0.717, 1.165) is 31.0 Å². The number of benzene rings is 1. The van der Waals surface area contributed by atoms with Crippen LogP contribution >= 0.6 is 0 Å². The van der Waals surface area contributed by atoms with Crippen LogP contribution in [0.3, 0.4) is 0 Å². The molecule has 6 heteroatoms. The van der Waals surface area contributed by atoms with E-state index >= 15 is 0 Å². The van der Waals surface area contributed by atoms with Gasteiger partial charge in [0, 0.05) is 24.7 Å². The first-order valence-electron chi connectivity index (χ1n) is 5.75. The summed E-state index contributed by atoms with van der Waals surface area (Å²) >= 11 is 0. The molecule has 0 N–H and O–H groups in total. The maximum Gasteiger partial charge on any atom is 0.270 e. The second kappa shape index (κ2) is 4.72. The highest BCUT2D eigenvalue weighted by Gasteiger charge is 2.28. The normalized spacial score (nSPS) is 19.0. The van der Waals surface area contributed by atoms with Gasteiger partial charge in [0.25, 0.3) is 11.6 Å². The Morgan fingerprint density at radius 3 is 2.83 bits per heavy atom. The molecular formula is C12H13FN2O3. The third-order valence-corrected chi connectivity index (χ3v) is 3.21. The highest BCUT2D eigenvalue weighted by molar-refractivity contribution is 5.95. The molecule has 1 atom stereocenters. The molecule has 0 aromatic heterocycles. The molecule has 1 aliphatic rings. The maximum absolute atomic E-state index is 13.6. The van der Waals surface area contributed by atoms with Crippen molar-refractivity contribution in [2.24, 2.45) is 0 Å². The van der Waals surface area contributed by atoms with Crippen LogP contribution in [0.5, 0.6) is 0 Å². The van der Waals surface area contributed by atoms with Crippen molar-refractivity contribution in [3.05, 3.63) is 39.7 Å². The van der Waals surface area contributed by atoms with E-state index in [2.05, 4.69) is 0 Å². The van der Waals surface area contributed by atoms with Crippen LogP contribution in [0, 0.1) is 15.9 Å². The minimum absolute atomic E-state index is 0.0520. The van der Waals surface area contributed by atoms with E-state index in [-0.39, 0.29) is 17.3 Å². The molecule has 96 valence electrons. The van der Waals surface area contributed by atoms with Crippen molar-refractivity contribution in [1.82, 2.24) is 4.90 Å². The highest BCUT2D eigenvalue weighted by Crippen LogP contribution is 2.23. The number of nitro groups is 1. The van der Waals surface area contributed by atoms with E-state index < -0.39 is 16.6 Å². The molecule has 1 amide bonds. The molecule has 5 nitrogen and oxygen atoms in total. The number of hydrogen-bond acceptors (Lipinski definition) is 3. The van der Waals surface area contributed by atoms with Gasteiger partial charge in [0.1, 0.15) is 5.82 Å². The van der Waals surface area contributed by atoms with Crippen molar-refractivity contribution in [2.45, 2.75) is 25.8 Å². The van der Waals surface area contributed by atoms with Crippen molar-refractivity contribution in [3.8, 4) is 0 Å². The van der Waals surface area contributed by atoms with E-state index in [1.54, 1.807) is 4.90 Å². The minimum Gasteiger partial charge on any atom is -0.336 e. The molecular weight excluding hydrogens is 239 g/mol. The zero-order chi connectivity index (χ0) is 13.3. The fraction of sp³-hybridized carbons (Fsp3) is 0.417. The number of carbonyl (C=O) groups excluding carboxylic acids is 1. The van der Waals surface area contributed by atoms with Crippen LogP contribution < -0.4 is 0 Å². The average Bonchev–Trinajstić information content (AvgIpc) is 2.75. The Labute approximate surface area is 103 Å². The lowest BCUT2D eigenvalue weighted by Crippen LogP contribution is -2.34. The largest absolute Gasteiger partial charge is 0.336 e. The Bertz CT molecular complexity index is 504. The van der Waals surface area contributed by atoms with Crippen molar-refractivity contribution in [1.29, 1.82) is 0 Å². The zero-order valence-electron chi connectivity index (χ0n) is 9.93. The zero-order valence-corrected chi connectivity index (χ0v) is 9.93. The maximum atomic E-state index is 13.6. The molecule has 1 heterocycles. The Hall–Kier alpha value is -1.98. The number of nitrogens with zero attached hydrogens (tertiary/aromatic N) is 2. The van der Waals surface area contributed by atoms with Gasteiger partial charge in [0.05, 0.1) is 10.5 Å². The van der Waals surface area contributed by atoms with E-state index in [9.17, 15) is 19.3 Å². The molecule has 1 saturated heterocycles. The molecule has 0 saturated carbocycles. The molecule has 1 aromatic carbocycles. The quantitative estimate of drug-likeness (QED) is 0.599.